The number of benzene rings is 1. The number of nitrogens with zero attached hydrogens (tertiary/aromatic N) is 3. The van der Waals surface area contributed by atoms with E-state index in [9.17, 15) is 9.59 Å². The minimum Gasteiger partial charge on any atom is -0.466 e. The molecule has 32 heavy (non-hydrogen) atoms. The van der Waals surface area contributed by atoms with Crippen molar-refractivity contribution in [2.75, 3.05) is 19.7 Å². The first kappa shape index (κ1) is 22.0. The van der Waals surface area contributed by atoms with Crippen molar-refractivity contribution in [3.8, 4) is 10.6 Å². The number of likely N-dealkylation sites (tertiary alicyclic amines) is 1. The fourth-order valence-electron chi connectivity index (χ4n) is 3.88. The smallest absolute Gasteiger partial charge is 0.309 e. The third-order valence-corrected chi connectivity index (χ3v) is 6.44. The first-order valence-electron chi connectivity index (χ1n) is 10.9. The number of thiophene rings is 1. The number of esters is 1. The van der Waals surface area contributed by atoms with Crippen molar-refractivity contribution in [1.29, 1.82) is 0 Å². The van der Waals surface area contributed by atoms with Gasteiger partial charge in [0.05, 0.1) is 23.9 Å². The first-order valence-corrected chi connectivity index (χ1v) is 11.8. The summed E-state index contributed by atoms with van der Waals surface area (Å²) in [5.74, 6) is -0.300. The van der Waals surface area contributed by atoms with Crippen molar-refractivity contribution in [2.24, 2.45) is 5.92 Å². The summed E-state index contributed by atoms with van der Waals surface area (Å²) in [7, 11) is 0. The molecule has 0 bridgehead atoms. The van der Waals surface area contributed by atoms with Crippen LogP contribution in [0, 0.1) is 5.92 Å². The van der Waals surface area contributed by atoms with Gasteiger partial charge in [-0.3, -0.25) is 14.3 Å². The maximum absolute atomic E-state index is 12.8. The van der Waals surface area contributed by atoms with E-state index in [-0.39, 0.29) is 17.8 Å². The first-order chi connectivity index (χ1) is 15.6. The summed E-state index contributed by atoms with van der Waals surface area (Å²) in [5.41, 5.74) is 2.96. The molecule has 0 aliphatic carbocycles. The molecule has 6 nitrogen and oxygen atoms in total. The number of amides is 1. The van der Waals surface area contributed by atoms with Gasteiger partial charge in [0.25, 0.3) is 0 Å². The fourth-order valence-corrected chi connectivity index (χ4v) is 4.61. The number of carbonyl (C=O) groups is 2. The van der Waals surface area contributed by atoms with Crippen LogP contribution in [0.2, 0.25) is 0 Å². The molecular weight excluding hydrogens is 422 g/mol. The van der Waals surface area contributed by atoms with E-state index < -0.39 is 0 Å². The largest absolute Gasteiger partial charge is 0.466 e. The van der Waals surface area contributed by atoms with Crippen LogP contribution in [0.3, 0.4) is 0 Å². The standard InChI is InChI=1S/C25H27N3O3S/c1-2-31-25(30)20-12-14-27(15-13-20)23(29)11-10-21-18-28(17-19-7-4-3-5-8-19)26-24(21)22-9-6-16-32-22/h3-11,16,18,20H,2,12-15,17H2,1H3/b11-10+. The molecular formula is C25H27N3O3S. The summed E-state index contributed by atoms with van der Waals surface area (Å²) >= 11 is 1.63. The van der Waals surface area contributed by atoms with Crippen molar-refractivity contribution < 1.29 is 14.3 Å². The molecule has 1 saturated heterocycles. The second-order valence-electron chi connectivity index (χ2n) is 7.78. The molecule has 3 aromatic rings. The summed E-state index contributed by atoms with van der Waals surface area (Å²) in [4.78, 5) is 27.6. The third kappa shape index (κ3) is 5.34. The molecule has 0 radical (unpaired) electrons. The average molecular weight is 450 g/mol. The van der Waals surface area contributed by atoms with Crippen LogP contribution in [0.4, 0.5) is 0 Å². The molecule has 0 spiro atoms. The van der Waals surface area contributed by atoms with Crippen molar-refractivity contribution in [3.63, 3.8) is 0 Å². The highest BCUT2D eigenvalue weighted by Crippen LogP contribution is 2.28. The molecule has 1 aliphatic rings. The normalized spacial score (nSPS) is 14.7. The summed E-state index contributed by atoms with van der Waals surface area (Å²) in [5, 5.41) is 6.81. The van der Waals surface area contributed by atoms with E-state index in [4.69, 9.17) is 9.84 Å². The van der Waals surface area contributed by atoms with E-state index in [1.54, 1.807) is 22.3 Å². The Labute approximate surface area is 192 Å². The van der Waals surface area contributed by atoms with Gasteiger partial charge in [0.15, 0.2) is 0 Å². The van der Waals surface area contributed by atoms with Gasteiger partial charge in [0.2, 0.25) is 5.91 Å². The molecule has 1 aromatic carbocycles. The zero-order valence-corrected chi connectivity index (χ0v) is 19.0. The number of piperidine rings is 1. The second kappa shape index (κ2) is 10.4. The molecule has 0 unspecified atom stereocenters. The van der Waals surface area contributed by atoms with E-state index in [2.05, 4.69) is 12.1 Å². The van der Waals surface area contributed by atoms with Gasteiger partial charge in [-0.15, -0.1) is 11.3 Å². The monoisotopic (exact) mass is 449 g/mol. The van der Waals surface area contributed by atoms with Crippen LogP contribution in [0.25, 0.3) is 16.6 Å². The lowest BCUT2D eigenvalue weighted by atomic mass is 9.97. The van der Waals surface area contributed by atoms with Crippen LogP contribution in [-0.4, -0.2) is 46.3 Å². The van der Waals surface area contributed by atoms with Gasteiger partial charge >= 0.3 is 5.97 Å². The lowest BCUT2D eigenvalue weighted by Gasteiger charge is -2.30. The minimum absolute atomic E-state index is 0.0414. The van der Waals surface area contributed by atoms with Gasteiger partial charge in [-0.2, -0.15) is 5.10 Å². The summed E-state index contributed by atoms with van der Waals surface area (Å²) in [6.07, 6.45) is 6.75. The molecule has 166 valence electrons. The molecule has 1 aliphatic heterocycles. The highest BCUT2D eigenvalue weighted by molar-refractivity contribution is 7.13. The highest BCUT2D eigenvalue weighted by Gasteiger charge is 2.27. The molecule has 7 heteroatoms. The van der Waals surface area contributed by atoms with Crippen molar-refractivity contribution in [3.05, 3.63) is 71.2 Å². The molecule has 4 rings (SSSR count). The van der Waals surface area contributed by atoms with Gasteiger partial charge in [-0.25, -0.2) is 0 Å². The van der Waals surface area contributed by atoms with Crippen LogP contribution in [0.5, 0.6) is 0 Å². The lowest BCUT2D eigenvalue weighted by molar-refractivity contribution is -0.150. The Kier molecular flexibility index (Phi) is 7.17. The maximum Gasteiger partial charge on any atom is 0.309 e. The van der Waals surface area contributed by atoms with Crippen LogP contribution in [0.1, 0.15) is 30.9 Å². The van der Waals surface area contributed by atoms with Crippen LogP contribution in [-0.2, 0) is 20.9 Å². The third-order valence-electron chi connectivity index (χ3n) is 5.56. The predicted molar refractivity (Wildman–Crippen MR) is 126 cm³/mol. The van der Waals surface area contributed by atoms with Gasteiger partial charge in [-0.1, -0.05) is 36.4 Å². The van der Waals surface area contributed by atoms with Crippen LogP contribution < -0.4 is 0 Å². The number of aromatic nitrogens is 2. The van der Waals surface area contributed by atoms with E-state index in [0.717, 1.165) is 16.1 Å². The molecule has 3 heterocycles. The van der Waals surface area contributed by atoms with Crippen molar-refractivity contribution in [2.45, 2.75) is 26.3 Å². The van der Waals surface area contributed by atoms with E-state index in [0.29, 0.717) is 39.1 Å². The zero-order valence-electron chi connectivity index (χ0n) is 18.1. The Morgan fingerprint density at radius 1 is 1.16 bits per heavy atom. The van der Waals surface area contributed by atoms with Gasteiger partial charge < -0.3 is 9.64 Å². The minimum atomic E-state index is -0.151. The van der Waals surface area contributed by atoms with E-state index in [1.807, 2.05) is 59.6 Å². The van der Waals surface area contributed by atoms with Gasteiger partial charge in [-0.05, 0) is 42.9 Å². The Hall–Kier alpha value is -3.19. The van der Waals surface area contributed by atoms with Gasteiger partial charge in [0, 0.05) is 30.9 Å². The quantitative estimate of drug-likeness (QED) is 0.394. The van der Waals surface area contributed by atoms with Crippen molar-refractivity contribution >= 4 is 29.3 Å². The molecule has 2 aromatic heterocycles. The lowest BCUT2D eigenvalue weighted by Crippen LogP contribution is -2.39. The zero-order chi connectivity index (χ0) is 22.3. The summed E-state index contributed by atoms with van der Waals surface area (Å²) < 4.78 is 7.03. The van der Waals surface area contributed by atoms with E-state index >= 15 is 0 Å². The fraction of sp³-hybridized carbons (Fsp3) is 0.320. The Balaban J connectivity index is 1.46. The average Bonchev–Trinajstić information content (AvgIpc) is 3.48. The number of carbonyl (C=O) groups excluding carboxylic acids is 2. The van der Waals surface area contributed by atoms with Gasteiger partial charge in [0.1, 0.15) is 5.69 Å². The predicted octanol–water partition coefficient (Wildman–Crippen LogP) is 4.47. The molecule has 0 saturated carbocycles. The Bertz CT molecular complexity index is 1070. The molecule has 0 atom stereocenters. The SMILES string of the molecule is CCOC(=O)C1CCN(C(=O)/C=C/c2cn(Cc3ccccc3)nc2-c2cccs2)CC1. The number of hydrogen-bond acceptors (Lipinski definition) is 5. The molecule has 1 fully saturated rings. The maximum atomic E-state index is 12.8. The van der Waals surface area contributed by atoms with Crippen LogP contribution in [0.15, 0.2) is 60.1 Å². The van der Waals surface area contributed by atoms with Crippen LogP contribution >= 0.6 is 11.3 Å². The number of rotatable bonds is 7. The summed E-state index contributed by atoms with van der Waals surface area (Å²) in [6, 6.07) is 14.2. The van der Waals surface area contributed by atoms with Crippen molar-refractivity contribution in [1.82, 2.24) is 14.7 Å². The Morgan fingerprint density at radius 2 is 1.94 bits per heavy atom. The molecule has 0 N–H and O–H groups in total. The van der Waals surface area contributed by atoms with E-state index in [1.165, 1.54) is 5.56 Å². The summed E-state index contributed by atoms with van der Waals surface area (Å²) in [6.45, 7) is 4.01. The number of hydrogen-bond donors (Lipinski definition) is 0. The topological polar surface area (TPSA) is 64.4 Å². The second-order valence-corrected chi connectivity index (χ2v) is 8.73. The highest BCUT2D eigenvalue weighted by atomic mass is 32.1. The number of ether oxygens (including phenoxy) is 1. The Morgan fingerprint density at radius 3 is 2.62 bits per heavy atom. The molecule has 1 amide bonds.